The summed E-state index contributed by atoms with van der Waals surface area (Å²) < 4.78 is 5.17. The van der Waals surface area contributed by atoms with Crippen molar-refractivity contribution < 1.29 is 9.53 Å². The molecule has 0 aliphatic heterocycles. The van der Waals surface area contributed by atoms with Gasteiger partial charge in [-0.25, -0.2) is 0 Å². The van der Waals surface area contributed by atoms with Gasteiger partial charge in [-0.3, -0.25) is 4.79 Å². The fraction of sp³-hybridized carbons (Fsp3) is 0.917. The van der Waals surface area contributed by atoms with Gasteiger partial charge in [0.15, 0.2) is 0 Å². The van der Waals surface area contributed by atoms with E-state index in [4.69, 9.17) is 4.74 Å². The Bertz CT molecular complexity index is 198. The number of carbonyl (C=O) groups excluding carboxylic acids is 1. The van der Waals surface area contributed by atoms with Crippen LogP contribution in [0.25, 0.3) is 0 Å². The number of hydrogen-bond donors (Lipinski definition) is 1. The van der Waals surface area contributed by atoms with Crippen LogP contribution in [-0.4, -0.2) is 50.2 Å². The topological polar surface area (TPSA) is 41.6 Å². The first-order valence-corrected chi connectivity index (χ1v) is 5.88. The molecule has 0 aliphatic carbocycles. The Labute approximate surface area is 99.3 Å². The van der Waals surface area contributed by atoms with Gasteiger partial charge in [0.2, 0.25) is 0 Å². The smallest absolute Gasteiger partial charge is 0.320 e. The first-order valence-electron chi connectivity index (χ1n) is 5.88. The Balaban J connectivity index is 3.35. The Morgan fingerprint density at radius 3 is 2.38 bits per heavy atom. The van der Waals surface area contributed by atoms with Crippen molar-refractivity contribution in [2.24, 2.45) is 0 Å². The predicted octanol–water partition coefficient (Wildman–Crippen LogP) is 1.26. The highest BCUT2D eigenvalue weighted by atomic mass is 16.6. The third-order valence-electron chi connectivity index (χ3n) is 1.90. The Hall–Kier alpha value is -0.610. The number of nitrogens with zero attached hydrogens (tertiary/aromatic N) is 1. The van der Waals surface area contributed by atoms with Crippen LogP contribution in [-0.2, 0) is 9.53 Å². The molecule has 0 aromatic heterocycles. The van der Waals surface area contributed by atoms with Crippen LogP contribution < -0.4 is 5.32 Å². The first-order chi connectivity index (χ1) is 7.31. The number of ether oxygens (including phenoxy) is 1. The van der Waals surface area contributed by atoms with Gasteiger partial charge in [-0.15, -0.1) is 0 Å². The summed E-state index contributed by atoms with van der Waals surface area (Å²) in [7, 11) is 4.13. The van der Waals surface area contributed by atoms with Crippen molar-refractivity contribution in [2.45, 2.75) is 39.2 Å². The highest BCUT2D eigenvalue weighted by Crippen LogP contribution is 2.06. The first kappa shape index (κ1) is 15.4. The molecule has 0 aromatic carbocycles. The zero-order valence-corrected chi connectivity index (χ0v) is 11.3. The van der Waals surface area contributed by atoms with Crippen LogP contribution in [0.5, 0.6) is 0 Å². The van der Waals surface area contributed by atoms with Gasteiger partial charge in [0.1, 0.15) is 5.60 Å². The average molecular weight is 230 g/mol. The molecule has 0 rings (SSSR count). The van der Waals surface area contributed by atoms with Crippen LogP contribution in [0.2, 0.25) is 0 Å². The Morgan fingerprint density at radius 2 is 1.88 bits per heavy atom. The lowest BCUT2D eigenvalue weighted by molar-refractivity contribution is -0.153. The second-order valence-corrected chi connectivity index (χ2v) is 5.27. The number of carbonyl (C=O) groups is 1. The van der Waals surface area contributed by atoms with Crippen molar-refractivity contribution in [1.82, 2.24) is 10.2 Å². The normalized spacial score (nSPS) is 11.9. The summed E-state index contributed by atoms with van der Waals surface area (Å²) in [4.78, 5) is 13.5. The summed E-state index contributed by atoms with van der Waals surface area (Å²) in [6, 6.07) is 0. The standard InChI is InChI=1S/C12H26N2O2/c1-12(2,3)16-11(15)10-13-8-6-7-9-14(4)5/h13H,6-10H2,1-5H3. The molecule has 96 valence electrons. The van der Waals surface area contributed by atoms with E-state index in [0.29, 0.717) is 6.54 Å². The van der Waals surface area contributed by atoms with Gasteiger partial charge in [0.25, 0.3) is 0 Å². The molecule has 0 saturated carbocycles. The van der Waals surface area contributed by atoms with Crippen LogP contribution in [0.3, 0.4) is 0 Å². The maximum Gasteiger partial charge on any atom is 0.320 e. The maximum atomic E-state index is 11.3. The molecule has 4 nitrogen and oxygen atoms in total. The van der Waals surface area contributed by atoms with Crippen molar-refractivity contribution >= 4 is 5.97 Å². The number of esters is 1. The van der Waals surface area contributed by atoms with E-state index < -0.39 is 0 Å². The molecular formula is C12H26N2O2. The summed E-state index contributed by atoms with van der Waals surface area (Å²) in [5.41, 5.74) is -0.385. The lowest BCUT2D eigenvalue weighted by atomic mass is 10.2. The number of hydrogen-bond acceptors (Lipinski definition) is 4. The quantitative estimate of drug-likeness (QED) is 0.528. The second-order valence-electron chi connectivity index (χ2n) is 5.27. The summed E-state index contributed by atoms with van der Waals surface area (Å²) in [6.07, 6.45) is 2.23. The molecule has 4 heteroatoms. The lowest BCUT2D eigenvalue weighted by Gasteiger charge is -2.19. The van der Waals surface area contributed by atoms with Crippen molar-refractivity contribution in [3.8, 4) is 0 Å². The molecule has 16 heavy (non-hydrogen) atoms. The molecule has 0 saturated heterocycles. The van der Waals surface area contributed by atoms with Gasteiger partial charge in [0, 0.05) is 0 Å². The van der Waals surface area contributed by atoms with Gasteiger partial charge in [-0.1, -0.05) is 0 Å². The van der Waals surface area contributed by atoms with Gasteiger partial charge in [-0.05, 0) is 60.8 Å². The molecule has 0 unspecified atom stereocenters. The van der Waals surface area contributed by atoms with Crippen LogP contribution >= 0.6 is 0 Å². The largest absolute Gasteiger partial charge is 0.459 e. The van der Waals surface area contributed by atoms with Crippen molar-refractivity contribution in [3.05, 3.63) is 0 Å². The highest BCUT2D eigenvalue weighted by molar-refractivity contribution is 5.72. The Kier molecular flexibility index (Phi) is 7.34. The summed E-state index contributed by atoms with van der Waals surface area (Å²) in [6.45, 7) is 7.90. The van der Waals surface area contributed by atoms with Crippen molar-refractivity contribution in [1.29, 1.82) is 0 Å². The minimum atomic E-state index is -0.385. The lowest BCUT2D eigenvalue weighted by Crippen LogP contribution is -2.32. The molecule has 0 aliphatic rings. The van der Waals surface area contributed by atoms with Crippen LogP contribution in [0, 0.1) is 0 Å². The Morgan fingerprint density at radius 1 is 1.25 bits per heavy atom. The van der Waals surface area contributed by atoms with Crippen LogP contribution in [0.15, 0.2) is 0 Å². The molecule has 0 fully saturated rings. The van der Waals surface area contributed by atoms with Crippen LogP contribution in [0.4, 0.5) is 0 Å². The van der Waals surface area contributed by atoms with E-state index in [1.807, 2.05) is 20.8 Å². The van der Waals surface area contributed by atoms with Gasteiger partial charge in [-0.2, -0.15) is 0 Å². The molecule has 0 bridgehead atoms. The minimum Gasteiger partial charge on any atom is -0.459 e. The molecule has 1 N–H and O–H groups in total. The van der Waals surface area contributed by atoms with E-state index in [1.165, 1.54) is 0 Å². The van der Waals surface area contributed by atoms with Crippen molar-refractivity contribution in [3.63, 3.8) is 0 Å². The van der Waals surface area contributed by atoms with Crippen molar-refractivity contribution in [2.75, 3.05) is 33.7 Å². The summed E-state index contributed by atoms with van der Waals surface area (Å²) >= 11 is 0. The van der Waals surface area contributed by atoms with E-state index in [0.717, 1.165) is 25.9 Å². The molecule has 0 spiro atoms. The van der Waals surface area contributed by atoms with E-state index in [2.05, 4.69) is 24.3 Å². The molecule has 0 aromatic rings. The monoisotopic (exact) mass is 230 g/mol. The van der Waals surface area contributed by atoms with E-state index in [9.17, 15) is 4.79 Å². The van der Waals surface area contributed by atoms with E-state index in [-0.39, 0.29) is 11.6 Å². The molecule has 0 amide bonds. The molecule has 0 heterocycles. The van der Waals surface area contributed by atoms with E-state index in [1.54, 1.807) is 0 Å². The van der Waals surface area contributed by atoms with E-state index >= 15 is 0 Å². The fourth-order valence-corrected chi connectivity index (χ4v) is 1.25. The SMILES string of the molecule is CN(C)CCCCNCC(=O)OC(C)(C)C. The van der Waals surface area contributed by atoms with Gasteiger partial charge < -0.3 is 15.0 Å². The third kappa shape index (κ3) is 11.5. The summed E-state index contributed by atoms with van der Waals surface area (Å²) in [5, 5.41) is 3.09. The molecule has 0 radical (unpaired) electrons. The predicted molar refractivity (Wildman–Crippen MR) is 66.5 cm³/mol. The van der Waals surface area contributed by atoms with Crippen LogP contribution in [0.1, 0.15) is 33.6 Å². The number of rotatable bonds is 7. The third-order valence-corrected chi connectivity index (χ3v) is 1.90. The molecule has 0 atom stereocenters. The number of nitrogens with one attached hydrogen (secondary N) is 1. The average Bonchev–Trinajstić information content (AvgIpc) is 2.07. The fourth-order valence-electron chi connectivity index (χ4n) is 1.25. The second kappa shape index (κ2) is 7.63. The zero-order valence-electron chi connectivity index (χ0n) is 11.3. The zero-order chi connectivity index (χ0) is 12.6. The highest BCUT2D eigenvalue weighted by Gasteiger charge is 2.15. The van der Waals surface area contributed by atoms with Gasteiger partial charge in [0.05, 0.1) is 6.54 Å². The number of unbranched alkanes of at least 4 members (excludes halogenated alkanes) is 1. The summed E-state index contributed by atoms with van der Waals surface area (Å²) in [5.74, 6) is -0.180. The van der Waals surface area contributed by atoms with Gasteiger partial charge >= 0.3 is 5.97 Å². The molecular weight excluding hydrogens is 204 g/mol. The minimum absolute atomic E-state index is 0.180. The maximum absolute atomic E-state index is 11.3.